The summed E-state index contributed by atoms with van der Waals surface area (Å²) in [5, 5.41) is 2.57. The molecule has 6 heteroatoms. The van der Waals surface area contributed by atoms with Crippen LogP contribution < -0.4 is 5.32 Å². The lowest BCUT2D eigenvalue weighted by Gasteiger charge is -2.16. The van der Waals surface area contributed by atoms with E-state index < -0.39 is 24.5 Å². The third-order valence-electron chi connectivity index (χ3n) is 3.74. The second-order valence-electron chi connectivity index (χ2n) is 5.91. The molecule has 5 nitrogen and oxygen atoms in total. The normalized spacial score (nSPS) is 11.8. The molecule has 2 aromatic rings. The number of hydrogen-bond donors (Lipinski definition) is 1. The standard InChI is InChI=1S/C21H20FNO4/c1-15(24)19(13-17-5-3-2-4-6-17)23-20(25)14-27-21(26)12-9-16-7-10-18(22)11-8-16/h2-12,19H,13-14H2,1H3,(H,23,25)/b12-9+/t19-/m1/s1. The van der Waals surface area contributed by atoms with Crippen LogP contribution in [-0.4, -0.2) is 30.3 Å². The molecule has 0 aromatic heterocycles. The SMILES string of the molecule is CC(=O)[C@@H](Cc1ccccc1)NC(=O)COC(=O)/C=C/c1ccc(F)cc1. The van der Waals surface area contributed by atoms with Crippen LogP contribution in [-0.2, 0) is 25.5 Å². The second kappa shape index (κ2) is 10.0. The highest BCUT2D eigenvalue weighted by Gasteiger charge is 2.18. The summed E-state index contributed by atoms with van der Waals surface area (Å²) in [6.45, 7) is 0.899. The molecule has 0 saturated heterocycles. The quantitative estimate of drug-likeness (QED) is 0.574. The molecule has 0 unspecified atom stereocenters. The zero-order valence-electron chi connectivity index (χ0n) is 14.9. The molecule has 0 spiro atoms. The van der Waals surface area contributed by atoms with Gasteiger partial charge < -0.3 is 10.1 Å². The number of amides is 1. The minimum Gasteiger partial charge on any atom is -0.452 e. The first-order valence-corrected chi connectivity index (χ1v) is 8.38. The molecule has 1 amide bonds. The molecule has 140 valence electrons. The fourth-order valence-electron chi connectivity index (χ4n) is 2.31. The maximum absolute atomic E-state index is 12.8. The lowest BCUT2D eigenvalue weighted by molar-refractivity contribution is -0.144. The van der Waals surface area contributed by atoms with E-state index in [1.807, 2.05) is 30.3 Å². The van der Waals surface area contributed by atoms with Crippen molar-refractivity contribution in [3.05, 3.63) is 77.6 Å². The van der Waals surface area contributed by atoms with Gasteiger partial charge in [0.15, 0.2) is 12.4 Å². The van der Waals surface area contributed by atoms with Gasteiger partial charge in [-0.15, -0.1) is 0 Å². The maximum atomic E-state index is 12.8. The highest BCUT2D eigenvalue weighted by atomic mass is 19.1. The maximum Gasteiger partial charge on any atom is 0.331 e. The lowest BCUT2D eigenvalue weighted by Crippen LogP contribution is -2.43. The molecule has 0 aliphatic rings. The van der Waals surface area contributed by atoms with E-state index >= 15 is 0 Å². The molecule has 27 heavy (non-hydrogen) atoms. The van der Waals surface area contributed by atoms with Crippen LogP contribution in [0, 0.1) is 5.82 Å². The largest absolute Gasteiger partial charge is 0.452 e. The van der Waals surface area contributed by atoms with Crippen molar-refractivity contribution in [3.8, 4) is 0 Å². The van der Waals surface area contributed by atoms with Crippen LogP contribution in [0.5, 0.6) is 0 Å². The van der Waals surface area contributed by atoms with Gasteiger partial charge in [0, 0.05) is 6.08 Å². The fraction of sp³-hybridized carbons (Fsp3) is 0.190. The van der Waals surface area contributed by atoms with Gasteiger partial charge in [-0.25, -0.2) is 9.18 Å². The van der Waals surface area contributed by atoms with Gasteiger partial charge in [0.1, 0.15) is 5.82 Å². The van der Waals surface area contributed by atoms with Crippen LogP contribution in [0.15, 0.2) is 60.7 Å². The predicted molar refractivity (Wildman–Crippen MR) is 99.2 cm³/mol. The molecule has 0 fully saturated rings. The average molecular weight is 369 g/mol. The average Bonchev–Trinajstić information content (AvgIpc) is 2.66. The number of benzene rings is 2. The minimum atomic E-state index is -0.711. The van der Waals surface area contributed by atoms with Crippen molar-refractivity contribution < 1.29 is 23.5 Å². The van der Waals surface area contributed by atoms with E-state index in [0.29, 0.717) is 12.0 Å². The first-order valence-electron chi connectivity index (χ1n) is 8.38. The van der Waals surface area contributed by atoms with E-state index in [-0.39, 0.29) is 11.6 Å². The van der Waals surface area contributed by atoms with E-state index in [1.165, 1.54) is 37.3 Å². The zero-order valence-corrected chi connectivity index (χ0v) is 14.9. The van der Waals surface area contributed by atoms with Crippen molar-refractivity contribution in [2.24, 2.45) is 0 Å². The number of ether oxygens (including phenoxy) is 1. The summed E-state index contributed by atoms with van der Waals surface area (Å²) in [5.41, 5.74) is 1.54. The number of hydrogen-bond acceptors (Lipinski definition) is 4. The van der Waals surface area contributed by atoms with Gasteiger partial charge in [0.2, 0.25) is 0 Å². The molecule has 0 aliphatic heterocycles. The van der Waals surface area contributed by atoms with Gasteiger partial charge in [0.25, 0.3) is 5.91 Å². The summed E-state index contributed by atoms with van der Waals surface area (Å²) in [6.07, 6.45) is 2.96. The number of rotatable bonds is 8. The molecular formula is C21H20FNO4. The highest BCUT2D eigenvalue weighted by molar-refractivity contribution is 5.91. The van der Waals surface area contributed by atoms with Gasteiger partial charge >= 0.3 is 5.97 Å². The molecule has 2 aromatic carbocycles. The number of halogens is 1. The molecule has 0 heterocycles. The van der Waals surface area contributed by atoms with Crippen LogP contribution in [0.1, 0.15) is 18.1 Å². The van der Waals surface area contributed by atoms with Gasteiger partial charge in [-0.2, -0.15) is 0 Å². The van der Waals surface area contributed by atoms with E-state index in [9.17, 15) is 18.8 Å². The van der Waals surface area contributed by atoms with E-state index in [4.69, 9.17) is 4.74 Å². The Morgan fingerprint density at radius 1 is 1.07 bits per heavy atom. The highest BCUT2D eigenvalue weighted by Crippen LogP contribution is 2.05. The molecule has 0 saturated carbocycles. The van der Waals surface area contributed by atoms with Crippen molar-refractivity contribution in [2.45, 2.75) is 19.4 Å². The summed E-state index contributed by atoms with van der Waals surface area (Å²) in [7, 11) is 0. The Morgan fingerprint density at radius 3 is 2.37 bits per heavy atom. The van der Waals surface area contributed by atoms with Gasteiger partial charge in [0.05, 0.1) is 6.04 Å². The third-order valence-corrected chi connectivity index (χ3v) is 3.74. The zero-order chi connectivity index (χ0) is 19.6. The Bertz CT molecular complexity index is 816. The van der Waals surface area contributed by atoms with Crippen molar-refractivity contribution in [2.75, 3.05) is 6.61 Å². The van der Waals surface area contributed by atoms with E-state index in [2.05, 4.69) is 5.32 Å². The van der Waals surface area contributed by atoms with Crippen molar-refractivity contribution in [3.63, 3.8) is 0 Å². The fourth-order valence-corrected chi connectivity index (χ4v) is 2.31. The van der Waals surface area contributed by atoms with Crippen LogP contribution in [0.25, 0.3) is 6.08 Å². The molecule has 2 rings (SSSR count). The summed E-state index contributed by atoms with van der Waals surface area (Å²) in [5.74, 6) is -1.83. The summed E-state index contributed by atoms with van der Waals surface area (Å²) < 4.78 is 17.7. The Hall–Kier alpha value is -3.28. The number of carbonyl (C=O) groups excluding carboxylic acids is 3. The molecule has 1 N–H and O–H groups in total. The molecule has 0 bridgehead atoms. The Labute approximate surface area is 156 Å². The molecule has 0 radical (unpaired) electrons. The van der Waals surface area contributed by atoms with Gasteiger partial charge in [-0.1, -0.05) is 42.5 Å². The number of esters is 1. The topological polar surface area (TPSA) is 72.5 Å². The van der Waals surface area contributed by atoms with Crippen molar-refractivity contribution >= 4 is 23.7 Å². The number of nitrogens with one attached hydrogen (secondary N) is 1. The number of Topliss-reactive ketones (excluding diaryl/α,β-unsaturated/α-hetero) is 1. The Balaban J connectivity index is 1.81. The lowest BCUT2D eigenvalue weighted by atomic mass is 10.0. The summed E-state index contributed by atoms with van der Waals surface area (Å²) in [6, 6.07) is 14.2. The van der Waals surface area contributed by atoms with Crippen molar-refractivity contribution in [1.29, 1.82) is 0 Å². The van der Waals surface area contributed by atoms with E-state index in [0.717, 1.165) is 11.6 Å². The van der Waals surface area contributed by atoms with Crippen LogP contribution in [0.3, 0.4) is 0 Å². The Morgan fingerprint density at radius 2 is 1.74 bits per heavy atom. The van der Waals surface area contributed by atoms with Crippen molar-refractivity contribution in [1.82, 2.24) is 5.32 Å². The first kappa shape index (κ1) is 20.0. The Kier molecular flexibility index (Phi) is 7.43. The minimum absolute atomic E-state index is 0.185. The third kappa shape index (κ3) is 7.23. The number of carbonyl (C=O) groups is 3. The summed E-state index contributed by atoms with van der Waals surface area (Å²) >= 11 is 0. The summed E-state index contributed by atoms with van der Waals surface area (Å²) in [4.78, 5) is 35.4. The monoisotopic (exact) mass is 369 g/mol. The first-order chi connectivity index (χ1) is 12.9. The van der Waals surface area contributed by atoms with E-state index in [1.54, 1.807) is 0 Å². The number of ketones is 1. The van der Waals surface area contributed by atoms with Crippen LogP contribution in [0.4, 0.5) is 4.39 Å². The smallest absolute Gasteiger partial charge is 0.331 e. The second-order valence-corrected chi connectivity index (χ2v) is 5.91. The predicted octanol–water partition coefficient (Wildman–Crippen LogP) is 2.70. The van der Waals surface area contributed by atoms with Crippen LogP contribution >= 0.6 is 0 Å². The molecule has 1 atom stereocenters. The molecular weight excluding hydrogens is 349 g/mol. The molecule has 0 aliphatic carbocycles. The van der Waals surface area contributed by atoms with Gasteiger partial charge in [-0.3, -0.25) is 9.59 Å². The van der Waals surface area contributed by atoms with Crippen LogP contribution in [0.2, 0.25) is 0 Å². The van der Waals surface area contributed by atoms with Gasteiger partial charge in [-0.05, 0) is 42.7 Å².